The van der Waals surface area contributed by atoms with Crippen LogP contribution in [0.25, 0.3) is 0 Å². The molecule has 1 aliphatic heterocycles. The maximum atomic E-state index is 14.1. The molecule has 57 heavy (non-hydrogen) atoms. The molecule has 314 valence electrons. The summed E-state index contributed by atoms with van der Waals surface area (Å²) in [6, 6.07) is 15.4. The average molecular weight is 831 g/mol. The molecule has 0 saturated heterocycles. The third-order valence-electron chi connectivity index (χ3n) is 10.8. The second-order valence-corrected chi connectivity index (χ2v) is 15.8. The Bertz CT molecular complexity index is 1620. The largest absolute Gasteiger partial charge is 0.493 e. The van der Waals surface area contributed by atoms with E-state index in [4.69, 9.17) is 40.1 Å². The molecule has 14 heteroatoms. The molecule has 5 rings (SSSR count). The minimum absolute atomic E-state index is 0.00335. The Morgan fingerprint density at radius 3 is 2.54 bits per heavy atom. The highest BCUT2D eigenvalue weighted by atomic mass is 35.5. The van der Waals surface area contributed by atoms with Gasteiger partial charge in [-0.2, -0.15) is 0 Å². The summed E-state index contributed by atoms with van der Waals surface area (Å²) in [5.74, 6) is 0.263. The van der Waals surface area contributed by atoms with Gasteiger partial charge in [0.05, 0.1) is 50.5 Å². The maximum absolute atomic E-state index is 14.1. The van der Waals surface area contributed by atoms with E-state index in [1.54, 1.807) is 22.7 Å². The number of carbonyl (C=O) groups excluding carboxylic acids is 1. The van der Waals surface area contributed by atoms with E-state index in [1.807, 2.05) is 30.3 Å². The number of alkyl halides is 1. The van der Waals surface area contributed by atoms with E-state index in [9.17, 15) is 20.1 Å². The van der Waals surface area contributed by atoms with Crippen LogP contribution in [-0.4, -0.2) is 122 Å². The van der Waals surface area contributed by atoms with Crippen LogP contribution >= 0.6 is 23.4 Å². The van der Waals surface area contributed by atoms with E-state index in [2.05, 4.69) is 36.0 Å². The number of rotatable bonds is 25. The first-order valence-corrected chi connectivity index (χ1v) is 21.6. The van der Waals surface area contributed by atoms with Crippen molar-refractivity contribution in [2.24, 2.45) is 22.9 Å². The van der Waals surface area contributed by atoms with Gasteiger partial charge in [0.1, 0.15) is 31.3 Å². The summed E-state index contributed by atoms with van der Waals surface area (Å²) < 4.78 is 31.9. The molecule has 3 aliphatic rings. The van der Waals surface area contributed by atoms with E-state index in [-0.39, 0.29) is 82.8 Å². The van der Waals surface area contributed by atoms with Gasteiger partial charge in [-0.15, -0.1) is 29.9 Å². The van der Waals surface area contributed by atoms with Gasteiger partial charge in [0.25, 0.3) is 0 Å². The number of carbonyl (C=O) groups is 1. The molecule has 1 saturated carbocycles. The molecule has 1 amide bonds. The van der Waals surface area contributed by atoms with Gasteiger partial charge in [0.2, 0.25) is 5.79 Å². The number of thioether (sulfide) groups is 1. The van der Waals surface area contributed by atoms with Gasteiger partial charge >= 0.3 is 6.09 Å². The summed E-state index contributed by atoms with van der Waals surface area (Å²) in [7, 11) is 1.51. The Morgan fingerprint density at radius 2 is 1.82 bits per heavy atom. The van der Waals surface area contributed by atoms with Crippen LogP contribution in [0.15, 0.2) is 82.9 Å². The quantitative estimate of drug-likeness (QED) is 0.0319. The number of nitrogens with zero attached hydrogens (tertiary/aromatic N) is 2. The van der Waals surface area contributed by atoms with Crippen molar-refractivity contribution in [2.45, 2.75) is 67.6 Å². The maximum Gasteiger partial charge on any atom is 0.410 e. The molecule has 0 aromatic heterocycles. The molecule has 3 N–H and O–H groups in total. The van der Waals surface area contributed by atoms with Gasteiger partial charge in [-0.25, -0.2) is 4.79 Å². The lowest BCUT2D eigenvalue weighted by Gasteiger charge is -2.59. The Balaban J connectivity index is 1.66. The average Bonchev–Trinajstić information content (AvgIpc) is 3.23. The zero-order valence-corrected chi connectivity index (χ0v) is 34.5. The predicted molar refractivity (Wildman–Crippen MR) is 221 cm³/mol. The van der Waals surface area contributed by atoms with E-state index < -0.39 is 23.8 Å². The molecule has 1 heterocycles. The molecule has 2 aromatic carbocycles. The number of oxime groups is 1. The van der Waals surface area contributed by atoms with Crippen LogP contribution < -0.4 is 9.47 Å². The summed E-state index contributed by atoms with van der Waals surface area (Å²) >= 11 is 7.72. The van der Waals surface area contributed by atoms with Gasteiger partial charge in [0, 0.05) is 48.3 Å². The number of amides is 1. The minimum atomic E-state index is -1.44. The third kappa shape index (κ3) is 11.3. The SMILES string of the molecule is C=CCO[C@@]12Oc3ccc(OCCSc4ccccc4)cc3[C@H]3[C@H](CCCCO)[C@@H](CCCCO)C=C(C(=NOC)C[C@@H]1N(CCOCCO)C(=O)OCCCl)[C@H]32. The zero-order valence-electron chi connectivity index (χ0n) is 33.0. The summed E-state index contributed by atoms with van der Waals surface area (Å²) in [5, 5.41) is 33.7. The number of unbranched alkanes of at least 4 members (excludes halogenated alkanes) is 2. The third-order valence-corrected chi connectivity index (χ3v) is 12.0. The van der Waals surface area contributed by atoms with Crippen molar-refractivity contribution < 1.29 is 48.6 Å². The number of allylic oxidation sites excluding steroid dienone is 1. The lowest BCUT2D eigenvalue weighted by atomic mass is 9.55. The van der Waals surface area contributed by atoms with Crippen LogP contribution in [0.4, 0.5) is 4.79 Å². The molecule has 12 nitrogen and oxygen atoms in total. The molecular weight excluding hydrogens is 772 g/mol. The Kier molecular flexibility index (Phi) is 18.3. The minimum Gasteiger partial charge on any atom is -0.493 e. The van der Waals surface area contributed by atoms with Crippen LogP contribution in [0.2, 0.25) is 0 Å². The number of fused-ring (bicyclic) bond motifs is 2. The highest BCUT2D eigenvalue weighted by Crippen LogP contribution is 2.62. The molecule has 0 radical (unpaired) electrons. The van der Waals surface area contributed by atoms with E-state index in [0.29, 0.717) is 30.9 Å². The van der Waals surface area contributed by atoms with Crippen molar-refractivity contribution in [1.82, 2.24) is 4.90 Å². The molecule has 2 aliphatic carbocycles. The molecule has 0 bridgehead atoms. The second-order valence-electron chi connectivity index (χ2n) is 14.3. The van der Waals surface area contributed by atoms with Gasteiger partial charge in [-0.3, -0.25) is 4.90 Å². The fourth-order valence-corrected chi connectivity index (χ4v) is 9.43. The number of ether oxygens (including phenoxy) is 5. The topological polar surface area (TPSA) is 149 Å². The van der Waals surface area contributed by atoms with Gasteiger partial charge in [-0.05, 0) is 73.4 Å². The predicted octanol–water partition coefficient (Wildman–Crippen LogP) is 6.81. The summed E-state index contributed by atoms with van der Waals surface area (Å²) in [5.41, 5.74) is 2.56. The number of aliphatic hydroxyl groups is 3. The van der Waals surface area contributed by atoms with Crippen LogP contribution in [0, 0.1) is 17.8 Å². The summed E-state index contributed by atoms with van der Waals surface area (Å²) in [6.45, 7) is 4.96. The highest BCUT2D eigenvalue weighted by Gasteiger charge is 2.65. The van der Waals surface area contributed by atoms with Crippen molar-refractivity contribution in [3.05, 3.63) is 78.4 Å². The van der Waals surface area contributed by atoms with Crippen molar-refractivity contribution in [1.29, 1.82) is 0 Å². The number of aliphatic hydroxyl groups excluding tert-OH is 3. The van der Waals surface area contributed by atoms with Crippen LogP contribution in [0.5, 0.6) is 11.5 Å². The fraction of sp³-hybridized carbons (Fsp3) is 0.581. The first-order valence-electron chi connectivity index (χ1n) is 20.1. The number of hydrogen-bond acceptors (Lipinski definition) is 12. The Labute approximate surface area is 346 Å². The molecule has 2 aromatic rings. The van der Waals surface area contributed by atoms with Crippen LogP contribution in [0.1, 0.15) is 56.4 Å². The smallest absolute Gasteiger partial charge is 0.410 e. The number of benzene rings is 2. The number of halogens is 1. The first kappa shape index (κ1) is 44.8. The highest BCUT2D eigenvalue weighted by molar-refractivity contribution is 7.99. The standard InChI is InChI=1S/C43H59ClN2O10S/c1-3-22-55-43-39(46(18-24-52-25-21-49)42(50)54-23-17-44)30-37(45-51-2)35-28-31(11-7-9-19-47)34(14-8-10-20-48)40(41(35)43)36-29-32(15-16-38(36)56-43)53-26-27-57-33-12-5-4-6-13-33/h3-6,12-13,15-16,28-29,31,34,39-41,47-49H,1,7-11,14,17-27,30H2,2H3/t31-,34+,39-,40+,41+,43+/m0/s1. The molecule has 1 fully saturated rings. The second kappa shape index (κ2) is 23.3. The molecular formula is C43H59ClN2O10S. The van der Waals surface area contributed by atoms with Crippen molar-refractivity contribution in [2.75, 3.05) is 78.1 Å². The number of hydrogen-bond donors (Lipinski definition) is 3. The first-order chi connectivity index (χ1) is 28.0. The van der Waals surface area contributed by atoms with E-state index in [0.717, 1.165) is 48.3 Å². The fourth-order valence-electron chi connectivity index (χ4n) is 8.60. The Morgan fingerprint density at radius 1 is 1.04 bits per heavy atom. The zero-order chi connectivity index (χ0) is 40.5. The Hall–Kier alpha value is -3.30. The van der Waals surface area contributed by atoms with Gasteiger partial charge in [-0.1, -0.05) is 48.3 Å². The van der Waals surface area contributed by atoms with Gasteiger partial charge in [0.15, 0.2) is 0 Å². The van der Waals surface area contributed by atoms with Crippen LogP contribution in [0.3, 0.4) is 0 Å². The van der Waals surface area contributed by atoms with Crippen LogP contribution in [-0.2, 0) is 19.0 Å². The molecule has 0 unspecified atom stereocenters. The van der Waals surface area contributed by atoms with Crippen molar-refractivity contribution in [3.63, 3.8) is 0 Å². The summed E-state index contributed by atoms with van der Waals surface area (Å²) in [4.78, 5) is 22.3. The van der Waals surface area contributed by atoms with Crippen molar-refractivity contribution >= 4 is 35.2 Å². The van der Waals surface area contributed by atoms with Crippen molar-refractivity contribution in [3.8, 4) is 11.5 Å². The molecule has 6 atom stereocenters. The lowest BCUT2D eigenvalue weighted by Crippen LogP contribution is -2.70. The summed E-state index contributed by atoms with van der Waals surface area (Å²) in [6.07, 6.45) is 8.18. The van der Waals surface area contributed by atoms with E-state index >= 15 is 0 Å². The van der Waals surface area contributed by atoms with E-state index in [1.165, 1.54) is 12.0 Å². The normalized spacial score (nSPS) is 24.1. The molecule has 0 spiro atoms. The lowest BCUT2D eigenvalue weighted by molar-refractivity contribution is -0.256. The monoisotopic (exact) mass is 830 g/mol. The van der Waals surface area contributed by atoms with Gasteiger partial charge < -0.3 is 43.8 Å².